The third kappa shape index (κ3) is 4.84. The molecule has 0 aliphatic rings. The van der Waals surface area contributed by atoms with Crippen molar-refractivity contribution in [1.82, 2.24) is 5.32 Å². The van der Waals surface area contributed by atoms with Crippen molar-refractivity contribution in [3.05, 3.63) is 0 Å². The molecule has 78 valence electrons. The predicted molar refractivity (Wildman–Crippen MR) is 48.6 cm³/mol. The molecule has 13 heavy (non-hydrogen) atoms. The summed E-state index contributed by atoms with van der Waals surface area (Å²) in [5, 5.41) is 2.14. The summed E-state index contributed by atoms with van der Waals surface area (Å²) in [6.45, 7) is 5.23. The molecule has 0 saturated heterocycles. The van der Waals surface area contributed by atoms with Gasteiger partial charge in [-0.25, -0.2) is 0 Å². The second-order valence-corrected chi connectivity index (χ2v) is 4.92. The highest BCUT2D eigenvalue weighted by Crippen LogP contribution is 2.19. The molecule has 0 aromatic heterocycles. The highest BCUT2D eigenvalue weighted by Gasteiger charge is 2.25. The van der Waals surface area contributed by atoms with Crippen LogP contribution in [-0.4, -0.2) is 24.8 Å². The number of hydrogen-bond acceptors (Lipinski definition) is 3. The molecule has 2 N–H and O–H groups in total. The molecule has 0 aliphatic carbocycles. The van der Waals surface area contributed by atoms with Gasteiger partial charge in [-0.1, -0.05) is 20.8 Å². The van der Waals surface area contributed by atoms with E-state index in [4.69, 9.17) is 4.55 Å². The van der Waals surface area contributed by atoms with Crippen molar-refractivity contribution in [2.45, 2.75) is 27.2 Å². The highest BCUT2D eigenvalue weighted by atomic mass is 32.2. The number of amides is 1. The van der Waals surface area contributed by atoms with Gasteiger partial charge in [0, 0.05) is 5.41 Å². The van der Waals surface area contributed by atoms with Crippen LogP contribution >= 0.6 is 0 Å². The summed E-state index contributed by atoms with van der Waals surface area (Å²) in [5.74, 6) is -1.11. The molecule has 0 spiro atoms. The maximum absolute atomic E-state index is 11.3. The summed E-state index contributed by atoms with van der Waals surface area (Å²) < 4.78 is 28.9. The van der Waals surface area contributed by atoms with Crippen molar-refractivity contribution < 1.29 is 17.8 Å². The van der Waals surface area contributed by atoms with Crippen LogP contribution in [0.25, 0.3) is 0 Å². The minimum atomic E-state index is -4.12. The van der Waals surface area contributed by atoms with Crippen molar-refractivity contribution >= 4 is 16.0 Å². The maximum atomic E-state index is 11.3. The van der Waals surface area contributed by atoms with Crippen LogP contribution in [0.5, 0.6) is 0 Å². The molecule has 0 aromatic carbocycles. The third-order valence-corrected chi connectivity index (χ3v) is 2.42. The van der Waals surface area contributed by atoms with Gasteiger partial charge in [-0.05, 0) is 6.42 Å². The second kappa shape index (κ2) is 4.06. The van der Waals surface area contributed by atoms with E-state index < -0.39 is 21.4 Å². The van der Waals surface area contributed by atoms with Gasteiger partial charge in [-0.2, -0.15) is 8.42 Å². The topological polar surface area (TPSA) is 83.5 Å². The maximum Gasteiger partial charge on any atom is 0.283 e. The van der Waals surface area contributed by atoms with Gasteiger partial charge in [0.15, 0.2) is 0 Å². The fourth-order valence-corrected chi connectivity index (χ4v) is 0.870. The van der Waals surface area contributed by atoms with Crippen LogP contribution in [0.15, 0.2) is 0 Å². The molecule has 0 fully saturated rings. The molecule has 0 radical (unpaired) electrons. The van der Waals surface area contributed by atoms with E-state index in [0.717, 1.165) is 0 Å². The molecule has 0 unspecified atom stereocenters. The number of nitrogens with one attached hydrogen (secondary N) is 1. The largest absolute Gasteiger partial charge is 0.340 e. The van der Waals surface area contributed by atoms with E-state index in [1.54, 1.807) is 13.8 Å². The molecule has 0 rings (SSSR count). The summed E-state index contributed by atoms with van der Waals surface area (Å²) in [5.41, 5.74) is -0.606. The monoisotopic (exact) mass is 209 g/mol. The molecule has 6 heteroatoms. The highest BCUT2D eigenvalue weighted by molar-refractivity contribution is 7.85. The van der Waals surface area contributed by atoms with Crippen LogP contribution in [0.4, 0.5) is 0 Å². The predicted octanol–water partition coefficient (Wildman–Crippen LogP) is 0.384. The number of carbonyl (C=O) groups excluding carboxylic acids is 1. The Morgan fingerprint density at radius 1 is 1.46 bits per heavy atom. The van der Waals surface area contributed by atoms with Gasteiger partial charge >= 0.3 is 0 Å². The van der Waals surface area contributed by atoms with Crippen LogP contribution in [-0.2, 0) is 14.9 Å². The van der Waals surface area contributed by atoms with Crippen LogP contribution in [0.1, 0.15) is 27.2 Å². The van der Waals surface area contributed by atoms with Crippen molar-refractivity contribution in [1.29, 1.82) is 0 Å². The molecule has 0 aliphatic heterocycles. The minimum Gasteiger partial charge on any atom is -0.340 e. The normalized spacial score (nSPS) is 12.6. The Morgan fingerprint density at radius 2 is 1.92 bits per heavy atom. The average molecular weight is 209 g/mol. The molecular formula is C7H15NO4S. The molecule has 5 nitrogen and oxygen atoms in total. The fourth-order valence-electron chi connectivity index (χ4n) is 0.557. The zero-order valence-corrected chi connectivity index (χ0v) is 8.81. The van der Waals surface area contributed by atoms with Crippen LogP contribution < -0.4 is 5.32 Å². The number of rotatable bonds is 4. The first-order chi connectivity index (χ1) is 5.69. The van der Waals surface area contributed by atoms with Crippen LogP contribution in [0, 0.1) is 5.41 Å². The first kappa shape index (κ1) is 12.4. The van der Waals surface area contributed by atoms with E-state index in [2.05, 4.69) is 5.32 Å². The minimum absolute atomic E-state index is 0.382. The van der Waals surface area contributed by atoms with Gasteiger partial charge in [0.25, 0.3) is 10.1 Å². The Bertz CT molecular complexity index is 281. The van der Waals surface area contributed by atoms with Gasteiger partial charge in [-0.15, -0.1) is 0 Å². The summed E-state index contributed by atoms with van der Waals surface area (Å²) >= 11 is 0. The van der Waals surface area contributed by atoms with E-state index >= 15 is 0 Å². The van der Waals surface area contributed by atoms with E-state index in [1.165, 1.54) is 0 Å². The molecule has 0 atom stereocenters. The Kier molecular flexibility index (Phi) is 3.87. The smallest absolute Gasteiger partial charge is 0.283 e. The lowest BCUT2D eigenvalue weighted by Gasteiger charge is -2.20. The summed E-state index contributed by atoms with van der Waals surface area (Å²) in [6.07, 6.45) is 0.601. The van der Waals surface area contributed by atoms with E-state index in [0.29, 0.717) is 6.42 Å². The zero-order valence-electron chi connectivity index (χ0n) is 7.99. The second-order valence-electron chi connectivity index (χ2n) is 3.47. The lowest BCUT2D eigenvalue weighted by atomic mass is 9.89. The lowest BCUT2D eigenvalue weighted by molar-refractivity contribution is -0.129. The Hall–Kier alpha value is -0.620. The van der Waals surface area contributed by atoms with Crippen molar-refractivity contribution in [2.24, 2.45) is 5.41 Å². The van der Waals surface area contributed by atoms with Crippen LogP contribution in [0.3, 0.4) is 0 Å². The summed E-state index contributed by atoms with van der Waals surface area (Å²) in [6, 6.07) is 0. The lowest BCUT2D eigenvalue weighted by Crippen LogP contribution is -2.39. The third-order valence-electron chi connectivity index (χ3n) is 1.91. The Morgan fingerprint density at radius 3 is 2.23 bits per heavy atom. The quantitative estimate of drug-likeness (QED) is 0.656. The zero-order chi connectivity index (χ0) is 10.7. The molecule has 0 heterocycles. The van der Waals surface area contributed by atoms with Crippen molar-refractivity contribution in [2.75, 3.05) is 5.88 Å². The van der Waals surface area contributed by atoms with Gasteiger partial charge in [-0.3, -0.25) is 9.35 Å². The summed E-state index contributed by atoms with van der Waals surface area (Å²) in [7, 11) is -4.12. The van der Waals surface area contributed by atoms with Crippen molar-refractivity contribution in [3.63, 3.8) is 0 Å². The van der Waals surface area contributed by atoms with E-state index in [-0.39, 0.29) is 5.91 Å². The van der Waals surface area contributed by atoms with Gasteiger partial charge in [0.2, 0.25) is 5.91 Å². The van der Waals surface area contributed by atoms with Crippen molar-refractivity contribution in [3.8, 4) is 0 Å². The SMILES string of the molecule is CCC(C)(C)C(=O)NCS(=O)(=O)O. The molecule has 0 bridgehead atoms. The first-order valence-corrected chi connectivity index (χ1v) is 5.53. The first-order valence-electron chi connectivity index (χ1n) is 3.92. The van der Waals surface area contributed by atoms with Gasteiger partial charge < -0.3 is 5.32 Å². The number of carbonyl (C=O) groups is 1. The molecular weight excluding hydrogens is 194 g/mol. The number of hydrogen-bond donors (Lipinski definition) is 2. The Labute approximate surface area is 78.3 Å². The summed E-state index contributed by atoms with van der Waals surface area (Å²) in [4.78, 5) is 11.3. The fraction of sp³-hybridized carbons (Fsp3) is 0.857. The molecule has 1 amide bonds. The van der Waals surface area contributed by atoms with E-state index in [9.17, 15) is 13.2 Å². The molecule has 0 aromatic rings. The van der Waals surface area contributed by atoms with E-state index in [1.807, 2.05) is 6.92 Å². The van der Waals surface area contributed by atoms with Crippen LogP contribution in [0.2, 0.25) is 0 Å². The van der Waals surface area contributed by atoms with Gasteiger partial charge in [0.05, 0.1) is 0 Å². The Balaban J connectivity index is 4.19. The van der Waals surface area contributed by atoms with Gasteiger partial charge in [0.1, 0.15) is 5.88 Å². The average Bonchev–Trinajstić information content (AvgIpc) is 1.98. The molecule has 0 saturated carbocycles. The standard InChI is InChI=1S/C7H15NO4S/c1-4-7(2,3)6(9)8-5-13(10,11)12/h4-5H2,1-3H3,(H,8,9)(H,10,11,12).